The molecule has 6 rings (SSSR count). The Morgan fingerprint density at radius 2 is 1.93 bits per heavy atom. The van der Waals surface area contributed by atoms with Gasteiger partial charge in [0.05, 0.1) is 22.2 Å². The van der Waals surface area contributed by atoms with Crippen molar-refractivity contribution in [3.05, 3.63) is 52.6 Å². The summed E-state index contributed by atoms with van der Waals surface area (Å²) in [6, 6.07) is 10.6. The first-order valence-electron chi connectivity index (χ1n) is 14.8. The minimum absolute atomic E-state index is 0.0212. The second-order valence-electron chi connectivity index (χ2n) is 13.1. The molecule has 0 unspecified atom stereocenters. The quantitative estimate of drug-likeness (QED) is 0.310. The zero-order valence-electron chi connectivity index (χ0n) is 25.3. The van der Waals surface area contributed by atoms with Gasteiger partial charge >= 0.3 is 6.09 Å². The average Bonchev–Trinajstić information content (AvgIpc) is 3.56. The smallest absolute Gasteiger partial charge is 0.407 e. The third kappa shape index (κ3) is 5.20. The fourth-order valence-electron chi connectivity index (χ4n) is 6.08. The molecule has 2 aliphatic rings. The number of benzene rings is 2. The van der Waals surface area contributed by atoms with E-state index in [4.69, 9.17) is 9.72 Å². The highest BCUT2D eigenvalue weighted by Gasteiger charge is 2.29. The Bertz CT molecular complexity index is 1680. The summed E-state index contributed by atoms with van der Waals surface area (Å²) in [6.07, 6.45) is 2.85. The van der Waals surface area contributed by atoms with Crippen LogP contribution in [0.3, 0.4) is 0 Å². The standard InChI is InChI=1S/C33H41N5O3/c1-19-8-11-24-15-28(38(18-22-9-10-22)29(24)21(19)3)30-35-26-16-25-23(14-27(26)36(30)7)12-13-37(31(25)39)17-20(2)34-32(40)41-33(4,5)6/h8,11,14-16,20,22H,9-10,12-13,17-18H2,1-7H3,(H,34,40)/t20-/m1/s1. The molecule has 1 atom stereocenters. The third-order valence-electron chi connectivity index (χ3n) is 8.48. The Morgan fingerprint density at radius 3 is 2.63 bits per heavy atom. The molecule has 1 N–H and O–H groups in total. The van der Waals surface area contributed by atoms with Crippen LogP contribution >= 0.6 is 0 Å². The highest BCUT2D eigenvalue weighted by atomic mass is 16.6. The van der Waals surface area contributed by atoms with Crippen molar-refractivity contribution in [2.45, 2.75) is 79.0 Å². The van der Waals surface area contributed by atoms with Gasteiger partial charge in [0.25, 0.3) is 5.91 Å². The number of hydrogen-bond donors (Lipinski definition) is 1. The summed E-state index contributed by atoms with van der Waals surface area (Å²) in [4.78, 5) is 32.7. The van der Waals surface area contributed by atoms with Crippen LogP contribution in [-0.4, -0.2) is 55.8 Å². The number of ether oxygens (including phenoxy) is 1. The van der Waals surface area contributed by atoms with E-state index in [9.17, 15) is 9.59 Å². The lowest BCUT2D eigenvalue weighted by Crippen LogP contribution is -2.47. The van der Waals surface area contributed by atoms with Gasteiger partial charge in [-0.3, -0.25) is 4.79 Å². The summed E-state index contributed by atoms with van der Waals surface area (Å²) >= 11 is 0. The largest absolute Gasteiger partial charge is 0.444 e. The number of carbonyl (C=O) groups is 2. The van der Waals surface area contributed by atoms with E-state index in [-0.39, 0.29) is 11.9 Å². The van der Waals surface area contributed by atoms with Gasteiger partial charge in [0.2, 0.25) is 0 Å². The SMILES string of the molecule is Cc1ccc2cc(-c3nc4cc5c(cc4n3C)CCN(C[C@@H](C)NC(=O)OC(C)(C)C)C5=O)n(CC3CC3)c2c1C. The van der Waals surface area contributed by atoms with Gasteiger partial charge in [-0.2, -0.15) is 0 Å². The van der Waals surface area contributed by atoms with Crippen LogP contribution < -0.4 is 5.32 Å². The Labute approximate surface area is 241 Å². The van der Waals surface area contributed by atoms with Crippen LogP contribution in [0.25, 0.3) is 33.5 Å². The number of aryl methyl sites for hydroxylation is 3. The van der Waals surface area contributed by atoms with Crippen molar-refractivity contribution in [2.24, 2.45) is 13.0 Å². The molecule has 1 aliphatic carbocycles. The Balaban J connectivity index is 1.31. The van der Waals surface area contributed by atoms with Crippen molar-refractivity contribution >= 4 is 33.9 Å². The topological polar surface area (TPSA) is 81.4 Å². The lowest BCUT2D eigenvalue weighted by atomic mass is 9.97. The third-order valence-corrected chi connectivity index (χ3v) is 8.48. The number of hydrogen-bond acceptors (Lipinski definition) is 4. The minimum Gasteiger partial charge on any atom is -0.444 e. The van der Waals surface area contributed by atoms with Gasteiger partial charge in [-0.15, -0.1) is 0 Å². The summed E-state index contributed by atoms with van der Waals surface area (Å²) in [5, 5.41) is 4.10. The summed E-state index contributed by atoms with van der Waals surface area (Å²) < 4.78 is 10.0. The maximum atomic E-state index is 13.6. The maximum absolute atomic E-state index is 13.6. The predicted octanol–water partition coefficient (Wildman–Crippen LogP) is 6.13. The van der Waals surface area contributed by atoms with E-state index in [0.29, 0.717) is 18.7 Å². The van der Waals surface area contributed by atoms with E-state index in [2.05, 4.69) is 59.6 Å². The van der Waals surface area contributed by atoms with Crippen molar-refractivity contribution in [1.82, 2.24) is 24.3 Å². The molecule has 216 valence electrons. The van der Waals surface area contributed by atoms with E-state index in [0.717, 1.165) is 47.0 Å². The van der Waals surface area contributed by atoms with E-state index >= 15 is 0 Å². The number of rotatable bonds is 6. The molecule has 0 bridgehead atoms. The second-order valence-corrected chi connectivity index (χ2v) is 13.1. The molecule has 3 heterocycles. The van der Waals surface area contributed by atoms with Crippen molar-refractivity contribution < 1.29 is 14.3 Å². The molecule has 1 fully saturated rings. The van der Waals surface area contributed by atoms with Crippen LogP contribution in [0.1, 0.15) is 67.6 Å². The predicted molar refractivity (Wildman–Crippen MR) is 162 cm³/mol. The number of imidazole rings is 1. The van der Waals surface area contributed by atoms with Gasteiger partial charge in [-0.25, -0.2) is 9.78 Å². The Hall–Kier alpha value is -3.81. The van der Waals surface area contributed by atoms with Gasteiger partial charge in [-0.05, 0) is 102 Å². The highest BCUT2D eigenvalue weighted by molar-refractivity contribution is 6.01. The first-order chi connectivity index (χ1) is 19.4. The molecule has 1 aliphatic heterocycles. The van der Waals surface area contributed by atoms with E-state index in [1.165, 1.54) is 34.9 Å². The molecule has 1 saturated carbocycles. The number of alkyl carbamates (subject to hydrolysis) is 1. The van der Waals surface area contributed by atoms with Crippen molar-refractivity contribution in [3.63, 3.8) is 0 Å². The fraction of sp³-hybridized carbons (Fsp3) is 0.485. The van der Waals surface area contributed by atoms with Crippen LogP contribution in [0, 0.1) is 19.8 Å². The average molecular weight is 556 g/mol. The highest BCUT2D eigenvalue weighted by Crippen LogP contribution is 2.38. The van der Waals surface area contributed by atoms with Crippen LogP contribution in [0.5, 0.6) is 0 Å². The zero-order chi connectivity index (χ0) is 29.2. The molecule has 0 saturated heterocycles. The minimum atomic E-state index is -0.569. The van der Waals surface area contributed by atoms with Gasteiger partial charge in [0.15, 0.2) is 5.82 Å². The molecule has 0 radical (unpaired) electrons. The van der Waals surface area contributed by atoms with Crippen LogP contribution in [0.4, 0.5) is 4.79 Å². The van der Waals surface area contributed by atoms with Gasteiger partial charge in [0.1, 0.15) is 5.60 Å². The number of aromatic nitrogens is 3. The van der Waals surface area contributed by atoms with Gasteiger partial charge < -0.3 is 24.1 Å². The number of nitrogens with one attached hydrogen (secondary N) is 1. The van der Waals surface area contributed by atoms with E-state index in [1.54, 1.807) is 0 Å². The molecule has 2 amide bonds. The van der Waals surface area contributed by atoms with Crippen molar-refractivity contribution in [3.8, 4) is 11.5 Å². The van der Waals surface area contributed by atoms with Crippen LogP contribution in [-0.2, 0) is 24.8 Å². The number of amides is 2. The Morgan fingerprint density at radius 1 is 1.17 bits per heavy atom. The number of nitrogens with zero attached hydrogens (tertiary/aromatic N) is 4. The molecular formula is C33H41N5O3. The first kappa shape index (κ1) is 27.4. The van der Waals surface area contributed by atoms with Crippen LogP contribution in [0.15, 0.2) is 30.3 Å². The summed E-state index contributed by atoms with van der Waals surface area (Å²) in [5.74, 6) is 1.63. The summed E-state index contributed by atoms with van der Waals surface area (Å²) in [7, 11) is 2.08. The van der Waals surface area contributed by atoms with Gasteiger partial charge in [0, 0.05) is 43.7 Å². The molecule has 2 aromatic heterocycles. The molecule has 41 heavy (non-hydrogen) atoms. The lowest BCUT2D eigenvalue weighted by Gasteiger charge is -2.31. The van der Waals surface area contributed by atoms with E-state index < -0.39 is 11.7 Å². The van der Waals surface area contributed by atoms with Gasteiger partial charge in [-0.1, -0.05) is 12.1 Å². The normalized spacial score (nSPS) is 16.4. The summed E-state index contributed by atoms with van der Waals surface area (Å²) in [6.45, 7) is 13.8. The lowest BCUT2D eigenvalue weighted by molar-refractivity contribution is 0.0483. The van der Waals surface area contributed by atoms with Crippen molar-refractivity contribution in [1.29, 1.82) is 0 Å². The molecule has 8 nitrogen and oxygen atoms in total. The summed E-state index contributed by atoms with van der Waals surface area (Å²) in [5.41, 5.74) is 8.10. The number of fused-ring (bicyclic) bond motifs is 3. The van der Waals surface area contributed by atoms with Crippen LogP contribution in [0.2, 0.25) is 0 Å². The molecular weight excluding hydrogens is 514 g/mol. The first-order valence-corrected chi connectivity index (χ1v) is 14.8. The Kier molecular flexibility index (Phi) is 6.63. The molecule has 4 aromatic rings. The van der Waals surface area contributed by atoms with E-state index in [1.807, 2.05) is 38.7 Å². The molecule has 8 heteroatoms. The monoisotopic (exact) mass is 555 g/mol. The number of carbonyl (C=O) groups excluding carboxylic acids is 2. The fourth-order valence-corrected chi connectivity index (χ4v) is 6.08. The maximum Gasteiger partial charge on any atom is 0.407 e. The van der Waals surface area contributed by atoms with Crippen molar-refractivity contribution in [2.75, 3.05) is 13.1 Å². The zero-order valence-corrected chi connectivity index (χ0v) is 25.3. The second kappa shape index (κ2) is 9.93. The molecule has 0 spiro atoms. The molecule has 2 aromatic carbocycles.